The van der Waals surface area contributed by atoms with Gasteiger partial charge in [-0.1, -0.05) is 34.1 Å². The highest BCUT2D eigenvalue weighted by molar-refractivity contribution is 9.10. The smallest absolute Gasteiger partial charge is 0.332 e. The van der Waals surface area contributed by atoms with Gasteiger partial charge in [0.15, 0.2) is 5.54 Å². The zero-order valence-electron chi connectivity index (χ0n) is 14.1. The molecule has 0 aliphatic carbocycles. The summed E-state index contributed by atoms with van der Waals surface area (Å²) in [6.07, 6.45) is 0.738. The summed E-state index contributed by atoms with van der Waals surface area (Å²) in [7, 11) is 0. The van der Waals surface area contributed by atoms with E-state index >= 15 is 0 Å². The molecule has 0 radical (unpaired) electrons. The quantitative estimate of drug-likeness (QED) is 0.613. The van der Waals surface area contributed by atoms with Crippen molar-refractivity contribution < 1.29 is 9.59 Å². The molecule has 2 aliphatic rings. The van der Waals surface area contributed by atoms with Crippen molar-refractivity contribution in [2.75, 3.05) is 11.4 Å². The average Bonchev–Trinajstić information content (AvgIpc) is 3.11. The second-order valence-corrected chi connectivity index (χ2v) is 7.81. The Morgan fingerprint density at radius 1 is 1.08 bits per heavy atom. The van der Waals surface area contributed by atoms with Crippen LogP contribution in [-0.4, -0.2) is 28.4 Å². The van der Waals surface area contributed by atoms with Gasteiger partial charge in [-0.25, -0.2) is 9.69 Å². The number of nitrogens with one attached hydrogen (secondary N) is 1. The van der Waals surface area contributed by atoms with Crippen LogP contribution in [0, 0.1) is 0 Å². The summed E-state index contributed by atoms with van der Waals surface area (Å²) in [5.41, 5.74) is 2.57. The lowest BCUT2D eigenvalue weighted by Gasteiger charge is -2.35. The molecule has 1 N–H and O–H groups in total. The van der Waals surface area contributed by atoms with E-state index in [4.69, 9.17) is 0 Å². The van der Waals surface area contributed by atoms with E-state index < -0.39 is 5.54 Å². The third-order valence-corrected chi connectivity index (χ3v) is 6.08. The summed E-state index contributed by atoms with van der Waals surface area (Å²) < 4.78 is 0.905. The van der Waals surface area contributed by atoms with Crippen molar-refractivity contribution in [3.05, 3.63) is 64.3 Å². The van der Waals surface area contributed by atoms with Crippen LogP contribution in [0.15, 0.2) is 53.0 Å². The molecule has 0 bridgehead atoms. The molecule has 26 heavy (non-hydrogen) atoms. The van der Waals surface area contributed by atoms with Gasteiger partial charge < -0.3 is 9.88 Å². The number of hydrogen-bond donors (Lipinski definition) is 1. The van der Waals surface area contributed by atoms with Crippen LogP contribution in [0.2, 0.25) is 0 Å². The molecule has 3 aromatic rings. The molecule has 2 aromatic carbocycles. The summed E-state index contributed by atoms with van der Waals surface area (Å²) in [4.78, 5) is 32.9. The van der Waals surface area contributed by atoms with Gasteiger partial charge in [-0.05, 0) is 49.2 Å². The second-order valence-electron chi connectivity index (χ2n) is 6.90. The molecule has 0 unspecified atom stereocenters. The topological polar surface area (TPSA) is 56.4 Å². The Bertz CT molecular complexity index is 1070. The minimum Gasteiger partial charge on any atom is -0.356 e. The number of aromatic amines is 1. The standard InChI is InChI=1S/C20H16BrN3O2/c1-20-17-15(14-4-2-3-5-16(14)22-17)10-11-23(20)19(26)24(18(20)25)13-8-6-12(21)7-9-13/h2-9,22H,10-11H2,1H3/t20-/m0/s1. The highest BCUT2D eigenvalue weighted by atomic mass is 79.9. The minimum atomic E-state index is -1.00. The Labute approximate surface area is 158 Å². The van der Waals surface area contributed by atoms with E-state index in [1.54, 1.807) is 17.0 Å². The molecule has 3 heterocycles. The fourth-order valence-corrected chi connectivity index (χ4v) is 4.47. The Morgan fingerprint density at radius 2 is 1.81 bits per heavy atom. The molecule has 2 aliphatic heterocycles. The van der Waals surface area contributed by atoms with Gasteiger partial charge in [-0.3, -0.25) is 4.79 Å². The number of carbonyl (C=O) groups excluding carboxylic acids is 2. The van der Waals surface area contributed by atoms with E-state index in [-0.39, 0.29) is 11.9 Å². The molecule has 130 valence electrons. The Kier molecular flexibility index (Phi) is 3.13. The molecule has 5 nitrogen and oxygen atoms in total. The van der Waals surface area contributed by atoms with Crippen molar-refractivity contribution in [2.45, 2.75) is 18.9 Å². The molecular formula is C20H16BrN3O2. The number of imide groups is 1. The number of nitrogens with zero attached hydrogens (tertiary/aromatic N) is 2. The van der Waals surface area contributed by atoms with Gasteiger partial charge in [0.25, 0.3) is 5.91 Å². The van der Waals surface area contributed by atoms with E-state index in [0.29, 0.717) is 12.2 Å². The van der Waals surface area contributed by atoms with E-state index in [0.717, 1.165) is 33.1 Å². The van der Waals surface area contributed by atoms with Crippen LogP contribution in [0.5, 0.6) is 0 Å². The highest BCUT2D eigenvalue weighted by Gasteiger charge is 2.58. The summed E-state index contributed by atoms with van der Waals surface area (Å²) in [5.74, 6) is -0.211. The molecule has 5 rings (SSSR count). The fourth-order valence-electron chi connectivity index (χ4n) is 4.21. The molecule has 6 heteroatoms. The Balaban J connectivity index is 1.69. The number of carbonyl (C=O) groups is 2. The maximum absolute atomic E-state index is 13.4. The SMILES string of the molecule is C[C@]12C(=O)N(c3ccc(Br)cc3)C(=O)N1CCc1c2[nH]c2ccccc12. The molecule has 1 atom stereocenters. The van der Waals surface area contributed by atoms with Crippen LogP contribution < -0.4 is 4.90 Å². The van der Waals surface area contributed by atoms with Gasteiger partial charge >= 0.3 is 6.03 Å². The highest BCUT2D eigenvalue weighted by Crippen LogP contribution is 2.45. The van der Waals surface area contributed by atoms with Crippen molar-refractivity contribution in [3.63, 3.8) is 0 Å². The normalized spacial score (nSPS) is 22.1. The van der Waals surface area contributed by atoms with Gasteiger partial charge in [-0.15, -0.1) is 0 Å². The van der Waals surface area contributed by atoms with Crippen molar-refractivity contribution >= 4 is 44.5 Å². The predicted octanol–water partition coefficient (Wildman–Crippen LogP) is 4.17. The first-order valence-corrected chi connectivity index (χ1v) is 9.33. The molecule has 0 spiro atoms. The molecule has 1 aromatic heterocycles. The number of halogens is 1. The van der Waals surface area contributed by atoms with Gasteiger partial charge in [0.2, 0.25) is 0 Å². The molecular weight excluding hydrogens is 394 g/mol. The monoisotopic (exact) mass is 409 g/mol. The van der Waals surface area contributed by atoms with Crippen molar-refractivity contribution in [1.82, 2.24) is 9.88 Å². The lowest BCUT2D eigenvalue weighted by atomic mass is 9.87. The Hall–Kier alpha value is -2.60. The number of fused-ring (bicyclic) bond motifs is 5. The van der Waals surface area contributed by atoms with E-state index in [1.807, 2.05) is 37.3 Å². The first-order valence-electron chi connectivity index (χ1n) is 8.53. The molecule has 1 fully saturated rings. The van der Waals surface area contributed by atoms with Gasteiger partial charge in [0, 0.05) is 21.9 Å². The molecule has 3 amide bonds. The number of anilines is 1. The van der Waals surface area contributed by atoms with Crippen LogP contribution in [0.1, 0.15) is 18.2 Å². The third-order valence-electron chi connectivity index (χ3n) is 5.55. The number of benzene rings is 2. The lowest BCUT2D eigenvalue weighted by molar-refractivity contribution is -0.125. The predicted molar refractivity (Wildman–Crippen MR) is 103 cm³/mol. The van der Waals surface area contributed by atoms with Crippen LogP contribution >= 0.6 is 15.9 Å². The maximum Gasteiger partial charge on any atom is 0.332 e. The number of H-pyrrole nitrogens is 1. The minimum absolute atomic E-state index is 0.211. The summed E-state index contributed by atoms with van der Waals surface area (Å²) in [6, 6.07) is 15.0. The third kappa shape index (κ3) is 1.85. The van der Waals surface area contributed by atoms with Crippen LogP contribution in [0.4, 0.5) is 10.5 Å². The zero-order chi connectivity index (χ0) is 18.1. The summed E-state index contributed by atoms with van der Waals surface area (Å²) in [5, 5.41) is 1.13. The lowest BCUT2D eigenvalue weighted by Crippen LogP contribution is -2.49. The number of aromatic nitrogens is 1. The molecule has 0 saturated carbocycles. The fraction of sp³-hybridized carbons (Fsp3) is 0.200. The Morgan fingerprint density at radius 3 is 2.58 bits per heavy atom. The molecule has 1 saturated heterocycles. The van der Waals surface area contributed by atoms with E-state index in [9.17, 15) is 9.59 Å². The van der Waals surface area contributed by atoms with Gasteiger partial charge in [0.05, 0.1) is 11.4 Å². The van der Waals surface area contributed by atoms with Gasteiger partial charge in [-0.2, -0.15) is 0 Å². The van der Waals surface area contributed by atoms with Gasteiger partial charge in [0.1, 0.15) is 0 Å². The summed E-state index contributed by atoms with van der Waals surface area (Å²) in [6.45, 7) is 2.38. The maximum atomic E-state index is 13.4. The van der Waals surface area contributed by atoms with E-state index in [2.05, 4.69) is 27.0 Å². The first-order chi connectivity index (χ1) is 12.5. The number of para-hydroxylation sites is 1. The number of rotatable bonds is 1. The van der Waals surface area contributed by atoms with Crippen LogP contribution in [-0.2, 0) is 16.8 Å². The number of hydrogen-bond acceptors (Lipinski definition) is 2. The zero-order valence-corrected chi connectivity index (χ0v) is 15.7. The van der Waals surface area contributed by atoms with Crippen LogP contribution in [0.3, 0.4) is 0 Å². The number of amides is 3. The van der Waals surface area contributed by atoms with E-state index in [1.165, 1.54) is 4.90 Å². The largest absolute Gasteiger partial charge is 0.356 e. The van der Waals surface area contributed by atoms with Crippen molar-refractivity contribution in [3.8, 4) is 0 Å². The van der Waals surface area contributed by atoms with Crippen molar-refractivity contribution in [2.24, 2.45) is 0 Å². The average molecular weight is 410 g/mol. The number of urea groups is 1. The second kappa shape index (κ2) is 5.20. The summed E-state index contributed by atoms with van der Waals surface area (Å²) >= 11 is 3.39. The van der Waals surface area contributed by atoms with Crippen LogP contribution in [0.25, 0.3) is 10.9 Å². The van der Waals surface area contributed by atoms with Crippen molar-refractivity contribution in [1.29, 1.82) is 0 Å². The first kappa shape index (κ1) is 15.6.